The van der Waals surface area contributed by atoms with E-state index in [4.69, 9.17) is 0 Å². The molecule has 1 aliphatic rings. The number of aryl methyl sites for hydroxylation is 2. The molecule has 1 N–H and O–H groups in total. The van der Waals surface area contributed by atoms with Crippen molar-refractivity contribution < 1.29 is 9.59 Å². The monoisotopic (exact) mass is 460 g/mol. The molecular weight excluding hydrogens is 432 g/mol. The Bertz CT molecular complexity index is 1370. The molecule has 0 fully saturated rings. The molecule has 0 aliphatic carbocycles. The quantitative estimate of drug-likeness (QED) is 0.360. The molecular formula is C31H28N2O2. The van der Waals surface area contributed by atoms with E-state index in [0.29, 0.717) is 23.4 Å². The summed E-state index contributed by atoms with van der Waals surface area (Å²) in [5, 5.41) is 3.00. The van der Waals surface area contributed by atoms with Gasteiger partial charge in [-0.2, -0.15) is 0 Å². The number of benzene rings is 4. The molecule has 1 aliphatic heterocycles. The first kappa shape index (κ1) is 22.6. The molecule has 4 aromatic carbocycles. The van der Waals surface area contributed by atoms with Crippen molar-refractivity contribution in [3.8, 4) is 11.1 Å². The first-order valence-electron chi connectivity index (χ1n) is 12.1. The van der Waals surface area contributed by atoms with E-state index in [1.165, 1.54) is 5.56 Å². The van der Waals surface area contributed by atoms with Crippen LogP contribution in [0.2, 0.25) is 0 Å². The lowest BCUT2D eigenvalue weighted by molar-refractivity contribution is 0.0985. The van der Waals surface area contributed by atoms with Crippen LogP contribution >= 0.6 is 0 Å². The number of amides is 2. The van der Waals surface area contributed by atoms with Gasteiger partial charge in [0.15, 0.2) is 0 Å². The van der Waals surface area contributed by atoms with Gasteiger partial charge in [0, 0.05) is 29.0 Å². The molecule has 4 nitrogen and oxygen atoms in total. The van der Waals surface area contributed by atoms with Crippen LogP contribution in [0.25, 0.3) is 11.1 Å². The smallest absolute Gasteiger partial charge is 0.258 e. The van der Waals surface area contributed by atoms with Crippen LogP contribution in [0.3, 0.4) is 0 Å². The number of nitrogens with one attached hydrogen (secondary N) is 1. The third-order valence-corrected chi connectivity index (χ3v) is 6.60. The predicted molar refractivity (Wildman–Crippen MR) is 142 cm³/mol. The number of anilines is 2. The van der Waals surface area contributed by atoms with Crippen molar-refractivity contribution >= 4 is 23.2 Å². The van der Waals surface area contributed by atoms with Gasteiger partial charge in [-0.3, -0.25) is 9.59 Å². The summed E-state index contributed by atoms with van der Waals surface area (Å²) >= 11 is 0. The van der Waals surface area contributed by atoms with Crippen molar-refractivity contribution in [1.29, 1.82) is 0 Å². The summed E-state index contributed by atoms with van der Waals surface area (Å²) in [6, 6.07) is 31.0. The number of para-hydroxylation sites is 1. The zero-order chi connectivity index (χ0) is 24.2. The van der Waals surface area contributed by atoms with E-state index in [0.717, 1.165) is 41.6 Å². The van der Waals surface area contributed by atoms with Gasteiger partial charge in [-0.05, 0) is 84.8 Å². The van der Waals surface area contributed by atoms with Gasteiger partial charge < -0.3 is 10.2 Å². The van der Waals surface area contributed by atoms with E-state index in [1.54, 1.807) is 24.3 Å². The molecule has 35 heavy (non-hydrogen) atoms. The van der Waals surface area contributed by atoms with E-state index in [1.807, 2.05) is 78.6 Å². The number of rotatable bonds is 4. The largest absolute Gasteiger partial charge is 0.322 e. The summed E-state index contributed by atoms with van der Waals surface area (Å²) in [5.74, 6) is -0.188. The topological polar surface area (TPSA) is 49.4 Å². The number of hydrogen-bond donors (Lipinski definition) is 1. The maximum Gasteiger partial charge on any atom is 0.258 e. The predicted octanol–water partition coefficient (Wildman–Crippen LogP) is 6.90. The third kappa shape index (κ3) is 4.73. The Morgan fingerprint density at radius 3 is 2.23 bits per heavy atom. The summed E-state index contributed by atoms with van der Waals surface area (Å²) < 4.78 is 0. The third-order valence-electron chi connectivity index (χ3n) is 6.60. The first-order valence-corrected chi connectivity index (χ1v) is 12.1. The van der Waals surface area contributed by atoms with Crippen molar-refractivity contribution in [3.63, 3.8) is 0 Å². The Morgan fingerprint density at radius 2 is 1.43 bits per heavy atom. The molecule has 0 unspecified atom stereocenters. The Kier molecular flexibility index (Phi) is 6.44. The van der Waals surface area contributed by atoms with Crippen molar-refractivity contribution in [2.24, 2.45) is 0 Å². The molecule has 0 atom stereocenters. The summed E-state index contributed by atoms with van der Waals surface area (Å²) in [6.07, 6.45) is 3.06. The zero-order valence-corrected chi connectivity index (χ0v) is 19.8. The van der Waals surface area contributed by atoms with E-state index in [9.17, 15) is 9.59 Å². The minimum Gasteiger partial charge on any atom is -0.322 e. The second-order valence-corrected chi connectivity index (χ2v) is 8.93. The number of carbonyl (C=O) groups excluding carboxylic acids is 2. The van der Waals surface area contributed by atoms with Crippen LogP contribution in [-0.4, -0.2) is 18.4 Å². The Balaban J connectivity index is 1.35. The highest BCUT2D eigenvalue weighted by Crippen LogP contribution is 2.29. The second kappa shape index (κ2) is 9.98. The van der Waals surface area contributed by atoms with Gasteiger partial charge in [0.05, 0.1) is 0 Å². The number of hydrogen-bond acceptors (Lipinski definition) is 2. The minimum atomic E-state index is -0.177. The van der Waals surface area contributed by atoms with Gasteiger partial charge in [-0.15, -0.1) is 0 Å². The molecule has 0 bridgehead atoms. The molecule has 0 radical (unpaired) electrons. The molecule has 4 aromatic rings. The van der Waals surface area contributed by atoms with E-state index in [-0.39, 0.29) is 11.8 Å². The lowest BCUT2D eigenvalue weighted by Crippen LogP contribution is -2.31. The van der Waals surface area contributed by atoms with Crippen LogP contribution < -0.4 is 10.2 Å². The molecule has 0 saturated carbocycles. The van der Waals surface area contributed by atoms with Gasteiger partial charge in [0.2, 0.25) is 0 Å². The normalized spacial score (nSPS) is 13.0. The molecule has 0 spiro atoms. The Hall–Kier alpha value is -4.18. The summed E-state index contributed by atoms with van der Waals surface area (Å²) in [5.41, 5.74) is 7.15. The van der Waals surface area contributed by atoms with Gasteiger partial charge in [0.25, 0.3) is 11.8 Å². The molecule has 4 heteroatoms. The molecule has 0 saturated heterocycles. The van der Waals surface area contributed by atoms with Gasteiger partial charge >= 0.3 is 0 Å². The van der Waals surface area contributed by atoms with Gasteiger partial charge in [-0.25, -0.2) is 0 Å². The molecule has 1 heterocycles. The minimum absolute atomic E-state index is 0.0119. The molecule has 2 amide bonds. The van der Waals surface area contributed by atoms with Crippen molar-refractivity contribution in [2.75, 3.05) is 16.8 Å². The van der Waals surface area contributed by atoms with Crippen LogP contribution in [0, 0.1) is 6.92 Å². The average Bonchev–Trinajstić information content (AvgIpc) is 3.12. The summed E-state index contributed by atoms with van der Waals surface area (Å²) in [6.45, 7) is 2.76. The number of carbonyl (C=O) groups is 2. The Morgan fingerprint density at radius 1 is 0.743 bits per heavy atom. The molecule has 5 rings (SSSR count). The highest BCUT2D eigenvalue weighted by Gasteiger charge is 2.22. The van der Waals surface area contributed by atoms with E-state index >= 15 is 0 Å². The van der Waals surface area contributed by atoms with Crippen molar-refractivity contribution in [1.82, 2.24) is 0 Å². The van der Waals surface area contributed by atoms with Gasteiger partial charge in [-0.1, -0.05) is 60.7 Å². The number of nitrogens with zero attached hydrogens (tertiary/aromatic N) is 1. The number of fused-ring (bicyclic) bond motifs is 1. The lowest BCUT2D eigenvalue weighted by Gasteiger charge is -2.23. The molecule has 174 valence electrons. The zero-order valence-electron chi connectivity index (χ0n) is 19.8. The SMILES string of the molecule is Cc1ccccc1-c1ccccc1C(=O)Nc1ccc(C(=O)N2CCCCc3ccccc32)cc1. The fourth-order valence-electron chi connectivity index (χ4n) is 4.74. The van der Waals surface area contributed by atoms with Crippen molar-refractivity contribution in [2.45, 2.75) is 26.2 Å². The Labute approximate surface area is 206 Å². The maximum atomic E-state index is 13.3. The van der Waals surface area contributed by atoms with Crippen LogP contribution in [0.15, 0.2) is 97.1 Å². The van der Waals surface area contributed by atoms with Crippen LogP contribution in [0.4, 0.5) is 11.4 Å². The lowest BCUT2D eigenvalue weighted by atomic mass is 9.95. The fourth-order valence-corrected chi connectivity index (χ4v) is 4.74. The van der Waals surface area contributed by atoms with Crippen LogP contribution in [0.1, 0.15) is 44.7 Å². The summed E-state index contributed by atoms with van der Waals surface area (Å²) in [4.78, 5) is 28.4. The highest BCUT2D eigenvalue weighted by molar-refractivity contribution is 6.10. The summed E-state index contributed by atoms with van der Waals surface area (Å²) in [7, 11) is 0. The second-order valence-electron chi connectivity index (χ2n) is 8.93. The molecule has 0 aromatic heterocycles. The standard InChI is InChI=1S/C31H28N2O2/c1-22-10-2-4-13-26(22)27-14-5-6-15-28(27)30(34)32-25-19-17-24(18-20-25)31(35)33-21-9-8-12-23-11-3-7-16-29(23)33/h2-7,10-11,13-20H,8-9,12,21H2,1H3,(H,32,34). The van der Waals surface area contributed by atoms with Crippen molar-refractivity contribution in [3.05, 3.63) is 119 Å². The van der Waals surface area contributed by atoms with Crippen LogP contribution in [0.5, 0.6) is 0 Å². The maximum absolute atomic E-state index is 13.3. The van der Waals surface area contributed by atoms with Gasteiger partial charge in [0.1, 0.15) is 0 Å². The first-order chi connectivity index (χ1) is 17.1. The average molecular weight is 461 g/mol. The van der Waals surface area contributed by atoms with E-state index in [2.05, 4.69) is 11.4 Å². The van der Waals surface area contributed by atoms with E-state index < -0.39 is 0 Å². The fraction of sp³-hybridized carbons (Fsp3) is 0.161. The highest BCUT2D eigenvalue weighted by atomic mass is 16.2. The van der Waals surface area contributed by atoms with Crippen LogP contribution in [-0.2, 0) is 6.42 Å².